The molecule has 8 heteroatoms. The Bertz CT molecular complexity index is 979. The van der Waals surface area contributed by atoms with E-state index in [1.165, 1.54) is 5.57 Å². The molecule has 1 aromatic carbocycles. The van der Waals surface area contributed by atoms with Crippen LogP contribution < -0.4 is 16.0 Å². The minimum Gasteiger partial charge on any atom is -0.487 e. The average Bonchev–Trinajstić information content (AvgIpc) is 2.76. The van der Waals surface area contributed by atoms with Gasteiger partial charge in [-0.2, -0.15) is 0 Å². The quantitative estimate of drug-likeness (QED) is 0.420. The number of rotatable bonds is 5. The molecule has 1 aromatic heterocycles. The molecule has 3 N–H and O–H groups in total. The Morgan fingerprint density at radius 2 is 1.91 bits per heavy atom. The fraction of sp³-hybridized carbons (Fsp3) is 0.375. The topological polar surface area (TPSA) is 107 Å². The van der Waals surface area contributed by atoms with Crippen LogP contribution in [0.15, 0.2) is 48.7 Å². The number of hydrazine groups is 1. The van der Waals surface area contributed by atoms with Crippen molar-refractivity contribution in [3.8, 4) is 5.75 Å². The maximum atomic E-state index is 12.3. The Hall–Kier alpha value is -3.39. The summed E-state index contributed by atoms with van der Waals surface area (Å²) < 4.78 is 11.2. The summed E-state index contributed by atoms with van der Waals surface area (Å²) in [5.74, 6) is 5.58. The lowest BCUT2D eigenvalue weighted by molar-refractivity contribution is 0.0251. The largest absolute Gasteiger partial charge is 0.487 e. The second-order valence-corrected chi connectivity index (χ2v) is 8.77. The van der Waals surface area contributed by atoms with Crippen molar-refractivity contribution in [1.82, 2.24) is 15.3 Å². The van der Waals surface area contributed by atoms with Crippen molar-refractivity contribution in [1.29, 1.82) is 0 Å². The number of benzene rings is 1. The standard InChI is InChI=1S/C24H30N4O4/c1-16-14-28(23(30)32-24(2,3)4)12-11-21(16)18-5-8-19(26-13-18)15-31-20-9-6-17(7-10-20)22(29)27-25/h5-11,13,16H,12,14-15,25H2,1-4H3,(H,27,29). The van der Waals surface area contributed by atoms with Crippen molar-refractivity contribution in [2.75, 3.05) is 13.1 Å². The lowest BCUT2D eigenvalue weighted by Gasteiger charge is -2.33. The van der Waals surface area contributed by atoms with Crippen molar-refractivity contribution < 1.29 is 19.1 Å². The molecule has 3 rings (SSSR count). The number of nitrogen functional groups attached to an aromatic ring is 1. The Balaban J connectivity index is 1.58. The Labute approximate surface area is 188 Å². The number of aromatic nitrogens is 1. The average molecular weight is 439 g/mol. The molecule has 0 bridgehead atoms. The normalized spacial score (nSPS) is 16.2. The molecule has 0 saturated carbocycles. The number of ether oxygens (including phenoxy) is 2. The summed E-state index contributed by atoms with van der Waals surface area (Å²) in [5, 5.41) is 0. The number of amides is 2. The van der Waals surface area contributed by atoms with Crippen LogP contribution in [0.5, 0.6) is 5.75 Å². The molecule has 170 valence electrons. The zero-order chi connectivity index (χ0) is 23.3. The number of hydrogen-bond donors (Lipinski definition) is 2. The van der Waals surface area contributed by atoms with E-state index >= 15 is 0 Å². The molecule has 32 heavy (non-hydrogen) atoms. The molecule has 2 heterocycles. The highest BCUT2D eigenvalue weighted by Gasteiger charge is 2.27. The Kier molecular flexibility index (Phi) is 7.15. The molecule has 2 aromatic rings. The molecular weight excluding hydrogens is 408 g/mol. The minimum atomic E-state index is -0.507. The number of pyridine rings is 1. The summed E-state index contributed by atoms with van der Waals surface area (Å²) in [6.07, 6.45) is 3.60. The molecule has 1 aliphatic rings. The van der Waals surface area contributed by atoms with Gasteiger partial charge in [0.25, 0.3) is 5.91 Å². The van der Waals surface area contributed by atoms with Crippen LogP contribution in [0.1, 0.15) is 49.3 Å². The van der Waals surface area contributed by atoms with E-state index in [0.717, 1.165) is 11.3 Å². The van der Waals surface area contributed by atoms with E-state index in [1.807, 2.05) is 39.1 Å². The van der Waals surface area contributed by atoms with Crippen molar-refractivity contribution in [3.05, 3.63) is 65.5 Å². The van der Waals surface area contributed by atoms with Crippen molar-refractivity contribution in [2.24, 2.45) is 11.8 Å². The number of nitrogens with two attached hydrogens (primary N) is 1. The molecule has 1 aliphatic heterocycles. The number of carbonyl (C=O) groups excluding carboxylic acids is 2. The first-order valence-corrected chi connectivity index (χ1v) is 10.5. The summed E-state index contributed by atoms with van der Waals surface area (Å²) in [6, 6.07) is 10.7. The number of carbonyl (C=O) groups is 2. The predicted octanol–water partition coefficient (Wildman–Crippen LogP) is 3.53. The molecule has 8 nitrogen and oxygen atoms in total. The Morgan fingerprint density at radius 3 is 2.47 bits per heavy atom. The highest BCUT2D eigenvalue weighted by molar-refractivity contribution is 5.93. The van der Waals surface area contributed by atoms with Crippen LogP contribution in [0, 0.1) is 5.92 Å². The molecular formula is C24H30N4O4. The fourth-order valence-corrected chi connectivity index (χ4v) is 3.41. The second kappa shape index (κ2) is 9.82. The van der Waals surface area contributed by atoms with Crippen LogP contribution in [-0.2, 0) is 11.3 Å². The van der Waals surface area contributed by atoms with Crippen LogP contribution in [0.25, 0.3) is 5.57 Å². The van der Waals surface area contributed by atoms with Gasteiger partial charge >= 0.3 is 6.09 Å². The monoisotopic (exact) mass is 438 g/mol. The maximum absolute atomic E-state index is 12.3. The van der Waals surface area contributed by atoms with Crippen LogP contribution >= 0.6 is 0 Å². The predicted molar refractivity (Wildman–Crippen MR) is 122 cm³/mol. The number of hydrogen-bond acceptors (Lipinski definition) is 6. The first kappa shape index (κ1) is 23.3. The van der Waals surface area contributed by atoms with Crippen molar-refractivity contribution in [2.45, 2.75) is 39.9 Å². The highest BCUT2D eigenvalue weighted by Crippen LogP contribution is 2.28. The number of nitrogens with zero attached hydrogens (tertiary/aromatic N) is 2. The molecule has 0 aliphatic carbocycles. The van der Waals surface area contributed by atoms with Crippen molar-refractivity contribution >= 4 is 17.6 Å². The summed E-state index contributed by atoms with van der Waals surface area (Å²) in [6.45, 7) is 9.11. The van der Waals surface area contributed by atoms with Crippen LogP contribution in [0.2, 0.25) is 0 Å². The first-order chi connectivity index (χ1) is 15.2. The first-order valence-electron chi connectivity index (χ1n) is 10.5. The summed E-state index contributed by atoms with van der Waals surface area (Å²) in [7, 11) is 0. The molecule has 2 amide bonds. The minimum absolute atomic E-state index is 0.171. The molecule has 0 fully saturated rings. The van der Waals surface area contributed by atoms with E-state index in [4.69, 9.17) is 15.3 Å². The van der Waals surface area contributed by atoms with Gasteiger partial charge < -0.3 is 14.4 Å². The maximum Gasteiger partial charge on any atom is 0.410 e. The molecule has 0 radical (unpaired) electrons. The van der Waals surface area contributed by atoms with Gasteiger partial charge in [-0.25, -0.2) is 10.6 Å². The van der Waals surface area contributed by atoms with Gasteiger partial charge in [-0.1, -0.05) is 19.1 Å². The van der Waals surface area contributed by atoms with E-state index < -0.39 is 5.60 Å². The Morgan fingerprint density at radius 1 is 1.19 bits per heavy atom. The van der Waals surface area contributed by atoms with E-state index in [0.29, 0.717) is 31.0 Å². The zero-order valence-corrected chi connectivity index (χ0v) is 18.9. The summed E-state index contributed by atoms with van der Waals surface area (Å²) in [5.41, 5.74) is 5.03. The zero-order valence-electron chi connectivity index (χ0n) is 18.9. The van der Waals surface area contributed by atoms with Gasteiger partial charge in [0, 0.05) is 24.8 Å². The van der Waals surface area contributed by atoms with Gasteiger partial charge in [-0.05, 0) is 68.2 Å². The van der Waals surface area contributed by atoms with Crippen molar-refractivity contribution in [3.63, 3.8) is 0 Å². The van der Waals surface area contributed by atoms with Crippen LogP contribution in [0.3, 0.4) is 0 Å². The smallest absolute Gasteiger partial charge is 0.410 e. The van der Waals surface area contributed by atoms with Gasteiger partial charge in [-0.3, -0.25) is 15.2 Å². The van der Waals surface area contributed by atoms with Gasteiger partial charge in [0.2, 0.25) is 0 Å². The van der Waals surface area contributed by atoms with Gasteiger partial charge in [0.1, 0.15) is 18.0 Å². The van der Waals surface area contributed by atoms with E-state index in [9.17, 15) is 9.59 Å². The van der Waals surface area contributed by atoms with Gasteiger partial charge in [0.15, 0.2) is 0 Å². The SMILES string of the molecule is CC1CN(C(=O)OC(C)(C)C)CC=C1c1ccc(COc2ccc(C(=O)NN)cc2)nc1. The molecule has 1 unspecified atom stereocenters. The molecule has 0 saturated heterocycles. The molecule has 0 spiro atoms. The lowest BCUT2D eigenvalue weighted by atomic mass is 9.91. The summed E-state index contributed by atoms with van der Waals surface area (Å²) >= 11 is 0. The van der Waals surface area contributed by atoms with Gasteiger partial charge in [-0.15, -0.1) is 0 Å². The third-order valence-electron chi connectivity index (χ3n) is 5.00. The second-order valence-electron chi connectivity index (χ2n) is 8.77. The third-order valence-corrected chi connectivity index (χ3v) is 5.00. The van der Waals surface area contributed by atoms with Crippen LogP contribution in [0.4, 0.5) is 4.79 Å². The molecule has 1 atom stereocenters. The fourth-order valence-electron chi connectivity index (χ4n) is 3.41. The van der Waals surface area contributed by atoms with E-state index in [2.05, 4.69) is 23.4 Å². The third kappa shape index (κ3) is 6.07. The number of nitrogens with one attached hydrogen (secondary N) is 1. The van der Waals surface area contributed by atoms with E-state index in [1.54, 1.807) is 29.2 Å². The summed E-state index contributed by atoms with van der Waals surface area (Å²) in [4.78, 5) is 30.0. The van der Waals surface area contributed by atoms with Crippen LogP contribution in [-0.4, -0.2) is 40.6 Å². The lowest BCUT2D eigenvalue weighted by Crippen LogP contribution is -2.41. The highest BCUT2D eigenvalue weighted by atomic mass is 16.6. The van der Waals surface area contributed by atoms with E-state index in [-0.39, 0.29) is 17.9 Å². The van der Waals surface area contributed by atoms with Gasteiger partial charge in [0.05, 0.1) is 5.69 Å².